The molecule has 1 amide bonds. The van der Waals surface area contributed by atoms with E-state index in [1.54, 1.807) is 23.5 Å². The topological polar surface area (TPSA) is 52.8 Å². The van der Waals surface area contributed by atoms with Gasteiger partial charge in [0.15, 0.2) is 16.3 Å². The lowest BCUT2D eigenvalue weighted by molar-refractivity contribution is 0.0998. The van der Waals surface area contributed by atoms with Gasteiger partial charge < -0.3 is 14.0 Å². The average molecular weight is 447 g/mol. The van der Waals surface area contributed by atoms with Gasteiger partial charge in [0.2, 0.25) is 0 Å². The summed E-state index contributed by atoms with van der Waals surface area (Å²) in [4.78, 5) is 19.1. The summed E-state index contributed by atoms with van der Waals surface area (Å²) in [6.07, 6.45) is 2.08. The van der Waals surface area contributed by atoms with Crippen LogP contribution < -0.4 is 14.3 Å². The zero-order chi connectivity index (χ0) is 20.2. The molecule has 0 N–H and O–H groups in total. The third-order valence-corrected chi connectivity index (χ3v) is 7.00. The smallest absolute Gasteiger partial charge is 0.279 e. The molecule has 0 bridgehead atoms. The van der Waals surface area contributed by atoms with Crippen LogP contribution in [0.4, 0.5) is 0 Å². The van der Waals surface area contributed by atoms with Gasteiger partial charge in [-0.25, -0.2) is 0 Å². The highest BCUT2D eigenvalue weighted by Crippen LogP contribution is 2.35. The van der Waals surface area contributed by atoms with E-state index in [0.717, 1.165) is 44.7 Å². The molecule has 2 heterocycles. The van der Waals surface area contributed by atoms with Crippen molar-refractivity contribution in [3.05, 3.63) is 46.8 Å². The summed E-state index contributed by atoms with van der Waals surface area (Å²) in [5.41, 5.74) is 1.62. The highest BCUT2D eigenvalue weighted by molar-refractivity contribution is 7.99. The zero-order valence-corrected chi connectivity index (χ0v) is 18.8. The van der Waals surface area contributed by atoms with Crippen LogP contribution in [0.5, 0.6) is 11.5 Å². The second-order valence-corrected chi connectivity index (χ2v) is 9.70. The van der Waals surface area contributed by atoms with Crippen LogP contribution in [0.1, 0.15) is 17.3 Å². The lowest BCUT2D eigenvalue weighted by Crippen LogP contribution is -2.18. The van der Waals surface area contributed by atoms with E-state index in [-0.39, 0.29) is 5.91 Å². The molecule has 4 rings (SSSR count). The van der Waals surface area contributed by atoms with Gasteiger partial charge in [0, 0.05) is 34.9 Å². The molecule has 0 atom stereocenters. The number of nitrogens with zero attached hydrogens (tertiary/aromatic N) is 2. The fourth-order valence-corrected chi connectivity index (χ4v) is 5.19. The molecule has 1 aliphatic heterocycles. The Bertz CT molecular complexity index is 1090. The van der Waals surface area contributed by atoms with Crippen LogP contribution in [-0.4, -0.2) is 41.4 Å². The third kappa shape index (κ3) is 4.49. The molecule has 152 valence electrons. The Hall–Kier alpha value is -1.90. The van der Waals surface area contributed by atoms with Crippen LogP contribution in [0.15, 0.2) is 46.3 Å². The minimum Gasteiger partial charge on any atom is -0.486 e. The summed E-state index contributed by atoms with van der Waals surface area (Å²) >= 11 is 5.03. The van der Waals surface area contributed by atoms with Gasteiger partial charge in [0.25, 0.3) is 5.91 Å². The predicted molar refractivity (Wildman–Crippen MR) is 122 cm³/mol. The van der Waals surface area contributed by atoms with Gasteiger partial charge in [0.05, 0.1) is 10.2 Å². The summed E-state index contributed by atoms with van der Waals surface area (Å²) in [7, 11) is 0. The molecule has 29 heavy (non-hydrogen) atoms. The number of ether oxygens (including phenoxy) is 2. The largest absolute Gasteiger partial charge is 0.486 e. The second-order valence-electron chi connectivity index (χ2n) is 6.37. The van der Waals surface area contributed by atoms with Crippen LogP contribution in [0, 0.1) is 0 Å². The van der Waals surface area contributed by atoms with Crippen molar-refractivity contribution in [3.63, 3.8) is 0 Å². The first-order chi connectivity index (χ1) is 14.2. The fourth-order valence-electron chi connectivity index (χ4n) is 3.10. The molecular weight excluding hydrogens is 424 g/mol. The maximum atomic E-state index is 12.8. The Kier molecular flexibility index (Phi) is 6.52. The number of carbonyl (C=O) groups excluding carboxylic acids is 1. The van der Waals surface area contributed by atoms with Crippen LogP contribution in [-0.2, 0) is 6.54 Å². The van der Waals surface area contributed by atoms with Gasteiger partial charge >= 0.3 is 0 Å². The molecule has 0 aliphatic carbocycles. The van der Waals surface area contributed by atoms with Crippen molar-refractivity contribution in [2.75, 3.05) is 31.0 Å². The lowest BCUT2D eigenvalue weighted by Gasteiger charge is -2.18. The summed E-state index contributed by atoms with van der Waals surface area (Å²) in [6, 6.07) is 11.7. The van der Waals surface area contributed by atoms with E-state index in [0.29, 0.717) is 23.6 Å². The summed E-state index contributed by atoms with van der Waals surface area (Å²) in [6.45, 7) is 3.99. The Morgan fingerprint density at radius 2 is 1.90 bits per heavy atom. The number of thioether (sulfide) groups is 2. The average Bonchev–Trinajstić information content (AvgIpc) is 3.07. The van der Waals surface area contributed by atoms with E-state index < -0.39 is 0 Å². The van der Waals surface area contributed by atoms with E-state index in [1.165, 1.54) is 11.3 Å². The van der Waals surface area contributed by atoms with Gasteiger partial charge in [-0.15, -0.1) is 11.8 Å². The maximum Gasteiger partial charge on any atom is 0.279 e. The van der Waals surface area contributed by atoms with Crippen molar-refractivity contribution in [1.82, 2.24) is 4.57 Å². The number of amides is 1. The van der Waals surface area contributed by atoms with E-state index in [1.807, 2.05) is 36.4 Å². The van der Waals surface area contributed by atoms with Gasteiger partial charge in [-0.05, 0) is 36.3 Å². The SMILES string of the molecule is CCSc1ccc(C(=O)N=c2sc3cc4c(cc3n2CCSC)OCCO4)cc1. The number of benzene rings is 2. The van der Waals surface area contributed by atoms with E-state index in [9.17, 15) is 4.79 Å². The van der Waals surface area contributed by atoms with Crippen molar-refractivity contribution in [3.8, 4) is 11.5 Å². The van der Waals surface area contributed by atoms with Crippen LogP contribution in [0.2, 0.25) is 0 Å². The van der Waals surface area contributed by atoms with Crippen LogP contribution >= 0.6 is 34.9 Å². The molecule has 8 heteroatoms. The number of rotatable bonds is 6. The molecule has 0 unspecified atom stereocenters. The number of aryl methyl sites for hydroxylation is 1. The highest BCUT2D eigenvalue weighted by atomic mass is 32.2. The van der Waals surface area contributed by atoms with Crippen molar-refractivity contribution >= 4 is 51.0 Å². The van der Waals surface area contributed by atoms with Crippen LogP contribution in [0.25, 0.3) is 10.2 Å². The van der Waals surface area contributed by atoms with Crippen molar-refractivity contribution < 1.29 is 14.3 Å². The van der Waals surface area contributed by atoms with Crippen LogP contribution in [0.3, 0.4) is 0 Å². The first-order valence-electron chi connectivity index (χ1n) is 9.43. The van der Waals surface area contributed by atoms with Gasteiger partial charge in [0.1, 0.15) is 13.2 Å². The van der Waals surface area contributed by atoms with E-state index >= 15 is 0 Å². The molecule has 0 spiro atoms. The third-order valence-electron chi connectivity index (χ3n) is 4.48. The fraction of sp³-hybridized carbons (Fsp3) is 0.333. The highest BCUT2D eigenvalue weighted by Gasteiger charge is 2.17. The molecule has 3 aromatic rings. The lowest BCUT2D eigenvalue weighted by atomic mass is 10.2. The van der Waals surface area contributed by atoms with Crippen molar-refractivity contribution in [2.24, 2.45) is 4.99 Å². The number of aromatic nitrogens is 1. The monoisotopic (exact) mass is 446 g/mol. The van der Waals surface area contributed by atoms with Crippen molar-refractivity contribution in [1.29, 1.82) is 0 Å². The molecule has 1 aromatic heterocycles. The number of hydrogen-bond acceptors (Lipinski definition) is 6. The van der Waals surface area contributed by atoms with Gasteiger partial charge in [-0.1, -0.05) is 18.3 Å². The first-order valence-corrected chi connectivity index (χ1v) is 12.6. The molecule has 2 aromatic carbocycles. The molecule has 0 saturated heterocycles. The minimum atomic E-state index is -0.222. The molecule has 0 radical (unpaired) electrons. The zero-order valence-electron chi connectivity index (χ0n) is 16.3. The Morgan fingerprint density at radius 3 is 2.59 bits per heavy atom. The summed E-state index contributed by atoms with van der Waals surface area (Å²) in [5.74, 6) is 3.22. The molecule has 0 saturated carbocycles. The number of fused-ring (bicyclic) bond motifs is 2. The Balaban J connectivity index is 1.75. The minimum absolute atomic E-state index is 0.222. The Morgan fingerprint density at radius 1 is 1.17 bits per heavy atom. The number of thiazole rings is 1. The standard InChI is InChI=1S/C21H22N2O3S3/c1-3-28-15-6-4-14(5-7-15)20(24)22-21-23(8-11-27-2)16-12-17-18(13-19(16)29-21)26-10-9-25-17/h4-7,12-13H,3,8-11H2,1-2H3. The first kappa shape index (κ1) is 20.4. The maximum absolute atomic E-state index is 12.8. The van der Waals surface area contributed by atoms with E-state index in [2.05, 4.69) is 22.7 Å². The number of carbonyl (C=O) groups is 1. The summed E-state index contributed by atoms with van der Waals surface area (Å²) < 4.78 is 14.6. The van der Waals surface area contributed by atoms with Gasteiger partial charge in [-0.3, -0.25) is 4.79 Å². The normalized spacial score (nSPS) is 13.8. The predicted octanol–water partition coefficient (Wildman–Crippen LogP) is 4.69. The van der Waals surface area contributed by atoms with Gasteiger partial charge in [-0.2, -0.15) is 16.8 Å². The summed E-state index contributed by atoms with van der Waals surface area (Å²) in [5, 5.41) is 0. The number of hydrogen-bond donors (Lipinski definition) is 0. The molecule has 0 fully saturated rings. The molecule has 5 nitrogen and oxygen atoms in total. The van der Waals surface area contributed by atoms with E-state index in [4.69, 9.17) is 9.47 Å². The van der Waals surface area contributed by atoms with Crippen molar-refractivity contribution in [2.45, 2.75) is 18.4 Å². The second kappa shape index (κ2) is 9.28. The quantitative estimate of drug-likeness (QED) is 0.514. The molecule has 1 aliphatic rings. The molecular formula is C21H22N2O3S3. The Labute approximate surface area is 182 Å².